The van der Waals surface area contributed by atoms with Crippen molar-refractivity contribution in [3.05, 3.63) is 39.9 Å². The molecule has 0 aliphatic heterocycles. The highest BCUT2D eigenvalue weighted by Gasteiger charge is 2.16. The van der Waals surface area contributed by atoms with Crippen molar-refractivity contribution in [2.24, 2.45) is 0 Å². The van der Waals surface area contributed by atoms with Crippen LogP contribution in [0.15, 0.2) is 29.8 Å². The SMILES string of the molecule is C[C@H](Oc1cc(Cl)ccc1Cl)C(=O)NCCC1=CCCCC1. The smallest absolute Gasteiger partial charge is 0.260 e. The number of nitrogens with one attached hydrogen (secondary N) is 1. The van der Waals surface area contributed by atoms with Crippen LogP contribution in [-0.4, -0.2) is 18.6 Å². The van der Waals surface area contributed by atoms with Gasteiger partial charge in [-0.25, -0.2) is 0 Å². The van der Waals surface area contributed by atoms with E-state index in [2.05, 4.69) is 11.4 Å². The number of hydrogen-bond donors (Lipinski definition) is 1. The van der Waals surface area contributed by atoms with Crippen molar-refractivity contribution >= 4 is 29.1 Å². The van der Waals surface area contributed by atoms with E-state index in [-0.39, 0.29) is 5.91 Å². The second-order valence-electron chi connectivity index (χ2n) is 5.48. The van der Waals surface area contributed by atoms with Crippen molar-refractivity contribution < 1.29 is 9.53 Å². The van der Waals surface area contributed by atoms with Crippen LogP contribution in [0.4, 0.5) is 0 Å². The van der Waals surface area contributed by atoms with E-state index in [1.165, 1.54) is 18.4 Å². The minimum absolute atomic E-state index is 0.146. The Morgan fingerprint density at radius 2 is 2.18 bits per heavy atom. The van der Waals surface area contributed by atoms with Crippen molar-refractivity contribution in [2.45, 2.75) is 45.1 Å². The van der Waals surface area contributed by atoms with E-state index < -0.39 is 6.10 Å². The van der Waals surface area contributed by atoms with E-state index in [0.29, 0.717) is 22.3 Å². The van der Waals surface area contributed by atoms with Crippen LogP contribution in [0.2, 0.25) is 10.0 Å². The van der Waals surface area contributed by atoms with Crippen LogP contribution in [0, 0.1) is 0 Å². The monoisotopic (exact) mass is 341 g/mol. The molecule has 5 heteroatoms. The molecule has 1 aromatic rings. The highest BCUT2D eigenvalue weighted by Crippen LogP contribution is 2.28. The molecular weight excluding hydrogens is 321 g/mol. The number of ether oxygens (including phenoxy) is 1. The third-order valence-corrected chi connectivity index (χ3v) is 4.24. The summed E-state index contributed by atoms with van der Waals surface area (Å²) in [6.45, 7) is 2.34. The molecule has 2 rings (SSSR count). The predicted octanol–water partition coefficient (Wildman–Crippen LogP) is 4.77. The van der Waals surface area contributed by atoms with Gasteiger partial charge in [-0.3, -0.25) is 4.79 Å². The molecule has 0 spiro atoms. The minimum atomic E-state index is -0.615. The van der Waals surface area contributed by atoms with Gasteiger partial charge < -0.3 is 10.1 Å². The third kappa shape index (κ3) is 5.22. The van der Waals surface area contributed by atoms with Gasteiger partial charge in [0.25, 0.3) is 5.91 Å². The summed E-state index contributed by atoms with van der Waals surface area (Å²) < 4.78 is 5.59. The first-order chi connectivity index (χ1) is 10.6. The highest BCUT2D eigenvalue weighted by atomic mass is 35.5. The van der Waals surface area contributed by atoms with Gasteiger partial charge in [0.1, 0.15) is 5.75 Å². The van der Waals surface area contributed by atoms with E-state index in [9.17, 15) is 4.79 Å². The van der Waals surface area contributed by atoms with Crippen molar-refractivity contribution in [1.82, 2.24) is 5.32 Å². The molecule has 1 aromatic carbocycles. The van der Waals surface area contributed by atoms with Crippen LogP contribution in [0.1, 0.15) is 39.0 Å². The first kappa shape index (κ1) is 17.2. The standard InChI is InChI=1S/C17H21Cl2NO2/c1-12(22-16-11-14(18)7-8-15(16)19)17(21)20-10-9-13-5-3-2-4-6-13/h5,7-8,11-12H,2-4,6,9-10H2,1H3,(H,20,21)/t12-/m0/s1. The number of halogens is 2. The van der Waals surface area contributed by atoms with Crippen LogP contribution in [0.5, 0.6) is 5.75 Å². The molecule has 0 aromatic heterocycles. The number of carbonyl (C=O) groups excluding carboxylic acids is 1. The maximum absolute atomic E-state index is 12.1. The fraction of sp³-hybridized carbons (Fsp3) is 0.471. The Kier molecular flexibility index (Phi) is 6.59. The Hall–Kier alpha value is -1.19. The lowest BCUT2D eigenvalue weighted by atomic mass is 9.97. The zero-order chi connectivity index (χ0) is 15.9. The normalized spacial score (nSPS) is 15.9. The minimum Gasteiger partial charge on any atom is -0.479 e. The summed E-state index contributed by atoms with van der Waals surface area (Å²) in [5.41, 5.74) is 1.44. The Morgan fingerprint density at radius 1 is 1.36 bits per heavy atom. The molecule has 3 nitrogen and oxygen atoms in total. The van der Waals surface area contributed by atoms with Crippen LogP contribution >= 0.6 is 23.2 Å². The summed E-state index contributed by atoms with van der Waals surface area (Å²) in [4.78, 5) is 12.1. The van der Waals surface area contributed by atoms with Gasteiger partial charge in [0, 0.05) is 17.6 Å². The summed E-state index contributed by atoms with van der Waals surface area (Å²) in [6.07, 6.45) is 7.44. The summed E-state index contributed by atoms with van der Waals surface area (Å²) in [7, 11) is 0. The quantitative estimate of drug-likeness (QED) is 0.757. The number of allylic oxidation sites excluding steroid dienone is 1. The molecule has 22 heavy (non-hydrogen) atoms. The molecule has 0 saturated heterocycles. The Morgan fingerprint density at radius 3 is 2.91 bits per heavy atom. The van der Waals surface area contributed by atoms with E-state index in [1.807, 2.05) is 0 Å². The molecule has 0 radical (unpaired) electrons. The molecule has 1 aliphatic carbocycles. The van der Waals surface area contributed by atoms with Crippen molar-refractivity contribution in [3.8, 4) is 5.75 Å². The second kappa shape index (κ2) is 8.44. The highest BCUT2D eigenvalue weighted by molar-refractivity contribution is 6.34. The first-order valence-electron chi connectivity index (χ1n) is 7.63. The Labute approximate surface area is 141 Å². The maximum atomic E-state index is 12.1. The fourth-order valence-corrected chi connectivity index (χ4v) is 2.76. The molecular formula is C17H21Cl2NO2. The first-order valence-corrected chi connectivity index (χ1v) is 8.39. The van der Waals surface area contributed by atoms with Crippen LogP contribution in [0.3, 0.4) is 0 Å². The number of hydrogen-bond acceptors (Lipinski definition) is 2. The zero-order valence-electron chi connectivity index (χ0n) is 12.7. The van der Waals surface area contributed by atoms with Gasteiger partial charge in [0.2, 0.25) is 0 Å². The van der Waals surface area contributed by atoms with Gasteiger partial charge in [-0.15, -0.1) is 0 Å². The lowest BCUT2D eigenvalue weighted by molar-refractivity contribution is -0.127. The zero-order valence-corrected chi connectivity index (χ0v) is 14.2. The topological polar surface area (TPSA) is 38.3 Å². The van der Waals surface area contributed by atoms with Gasteiger partial charge in [-0.2, -0.15) is 0 Å². The van der Waals surface area contributed by atoms with E-state index >= 15 is 0 Å². The summed E-state index contributed by atoms with van der Waals surface area (Å²) in [6, 6.07) is 4.94. The lowest BCUT2D eigenvalue weighted by Crippen LogP contribution is -2.37. The van der Waals surface area contributed by atoms with Crippen molar-refractivity contribution in [3.63, 3.8) is 0 Å². The fourth-order valence-electron chi connectivity index (χ4n) is 2.43. The Bertz CT molecular complexity index is 558. The maximum Gasteiger partial charge on any atom is 0.260 e. The summed E-state index contributed by atoms with van der Waals surface area (Å²) in [5, 5.41) is 3.87. The van der Waals surface area contributed by atoms with Crippen molar-refractivity contribution in [2.75, 3.05) is 6.54 Å². The Balaban J connectivity index is 1.79. The molecule has 0 unspecified atom stereocenters. The number of amides is 1. The van der Waals surface area contributed by atoms with Gasteiger partial charge in [0.15, 0.2) is 6.10 Å². The average molecular weight is 342 g/mol. The largest absolute Gasteiger partial charge is 0.479 e. The number of benzene rings is 1. The van der Waals surface area contributed by atoms with Crippen LogP contribution in [-0.2, 0) is 4.79 Å². The molecule has 1 aliphatic rings. The molecule has 120 valence electrons. The van der Waals surface area contributed by atoms with Gasteiger partial charge >= 0.3 is 0 Å². The van der Waals surface area contributed by atoms with E-state index in [0.717, 1.165) is 19.3 Å². The predicted molar refractivity (Wildman–Crippen MR) is 90.7 cm³/mol. The van der Waals surface area contributed by atoms with Crippen LogP contribution < -0.4 is 10.1 Å². The van der Waals surface area contributed by atoms with Crippen molar-refractivity contribution in [1.29, 1.82) is 0 Å². The molecule has 1 amide bonds. The van der Waals surface area contributed by atoms with Crippen LogP contribution in [0.25, 0.3) is 0 Å². The van der Waals surface area contributed by atoms with Gasteiger partial charge in [0.05, 0.1) is 5.02 Å². The van der Waals surface area contributed by atoms with Gasteiger partial charge in [-0.1, -0.05) is 34.9 Å². The number of rotatable bonds is 6. The van der Waals surface area contributed by atoms with E-state index in [4.69, 9.17) is 27.9 Å². The van der Waals surface area contributed by atoms with Gasteiger partial charge in [-0.05, 0) is 51.2 Å². The molecule has 0 heterocycles. The third-order valence-electron chi connectivity index (χ3n) is 3.70. The second-order valence-corrected chi connectivity index (χ2v) is 6.33. The molecule has 0 bridgehead atoms. The number of carbonyl (C=O) groups is 1. The molecule has 1 N–H and O–H groups in total. The van der Waals surface area contributed by atoms with E-state index in [1.54, 1.807) is 25.1 Å². The molecule has 0 saturated carbocycles. The lowest BCUT2D eigenvalue weighted by Gasteiger charge is -2.17. The average Bonchev–Trinajstić information content (AvgIpc) is 2.52. The molecule has 0 fully saturated rings. The summed E-state index contributed by atoms with van der Waals surface area (Å²) >= 11 is 11.9. The molecule has 1 atom stereocenters. The summed E-state index contributed by atoms with van der Waals surface area (Å²) in [5.74, 6) is 0.277.